The zero-order valence-electron chi connectivity index (χ0n) is 7.91. The van der Waals surface area contributed by atoms with E-state index in [2.05, 4.69) is 4.74 Å². The standard InChI is InChI=1S/C10H13F2NO/c1-7(6-13)8-2-4-9(5-3-8)14-10(11)12/h2-5,7,10H,6,13H2,1H3/t7-/m1/s1. The highest BCUT2D eigenvalue weighted by Crippen LogP contribution is 2.19. The molecule has 0 unspecified atom stereocenters. The molecule has 0 heterocycles. The van der Waals surface area contributed by atoms with Gasteiger partial charge in [-0.3, -0.25) is 0 Å². The van der Waals surface area contributed by atoms with Crippen molar-refractivity contribution in [3.05, 3.63) is 29.8 Å². The molecule has 0 aromatic heterocycles. The highest BCUT2D eigenvalue weighted by Gasteiger charge is 2.06. The van der Waals surface area contributed by atoms with E-state index in [1.165, 1.54) is 12.1 Å². The van der Waals surface area contributed by atoms with Gasteiger partial charge < -0.3 is 10.5 Å². The van der Waals surface area contributed by atoms with Gasteiger partial charge in [0.25, 0.3) is 0 Å². The summed E-state index contributed by atoms with van der Waals surface area (Å²) in [6, 6.07) is 6.53. The topological polar surface area (TPSA) is 35.2 Å². The maximum Gasteiger partial charge on any atom is 0.387 e. The molecule has 0 spiro atoms. The minimum absolute atomic E-state index is 0.174. The lowest BCUT2D eigenvalue weighted by molar-refractivity contribution is -0.0498. The number of nitrogens with two attached hydrogens (primary N) is 1. The molecule has 1 atom stereocenters. The van der Waals surface area contributed by atoms with Crippen LogP contribution in [0.2, 0.25) is 0 Å². The number of halogens is 2. The van der Waals surface area contributed by atoms with Crippen LogP contribution in [0.25, 0.3) is 0 Å². The van der Waals surface area contributed by atoms with Crippen LogP contribution in [0.1, 0.15) is 18.4 Å². The van der Waals surface area contributed by atoms with E-state index in [1.54, 1.807) is 12.1 Å². The molecule has 0 aliphatic heterocycles. The number of alkyl halides is 2. The van der Waals surface area contributed by atoms with Crippen molar-refractivity contribution in [3.8, 4) is 5.75 Å². The second kappa shape index (κ2) is 4.91. The monoisotopic (exact) mass is 201 g/mol. The molecule has 0 saturated carbocycles. The van der Waals surface area contributed by atoms with Gasteiger partial charge in [0.15, 0.2) is 0 Å². The first-order valence-corrected chi connectivity index (χ1v) is 4.38. The van der Waals surface area contributed by atoms with Gasteiger partial charge in [-0.25, -0.2) is 0 Å². The molecule has 1 aromatic carbocycles. The van der Waals surface area contributed by atoms with Crippen LogP contribution in [0.5, 0.6) is 5.75 Å². The first-order valence-electron chi connectivity index (χ1n) is 4.38. The number of benzene rings is 1. The smallest absolute Gasteiger partial charge is 0.387 e. The molecule has 0 aliphatic rings. The molecule has 78 valence electrons. The van der Waals surface area contributed by atoms with Gasteiger partial charge in [0.2, 0.25) is 0 Å². The quantitative estimate of drug-likeness (QED) is 0.811. The summed E-state index contributed by atoms with van der Waals surface area (Å²) >= 11 is 0. The lowest BCUT2D eigenvalue weighted by Crippen LogP contribution is -2.08. The molecule has 0 radical (unpaired) electrons. The first-order chi connectivity index (χ1) is 6.63. The fourth-order valence-electron chi connectivity index (χ4n) is 1.11. The van der Waals surface area contributed by atoms with Gasteiger partial charge in [-0.2, -0.15) is 8.78 Å². The Labute approximate surface area is 81.7 Å². The minimum Gasteiger partial charge on any atom is -0.435 e. The molecule has 1 rings (SSSR count). The molecule has 0 bridgehead atoms. The predicted octanol–water partition coefficient (Wildman–Crippen LogP) is 2.35. The largest absolute Gasteiger partial charge is 0.435 e. The molecule has 0 amide bonds. The van der Waals surface area contributed by atoms with E-state index in [0.29, 0.717) is 6.54 Å². The molecular weight excluding hydrogens is 188 g/mol. The van der Waals surface area contributed by atoms with Gasteiger partial charge in [0, 0.05) is 0 Å². The Morgan fingerprint density at radius 1 is 1.29 bits per heavy atom. The number of hydrogen-bond acceptors (Lipinski definition) is 2. The average Bonchev–Trinajstić information content (AvgIpc) is 2.17. The van der Waals surface area contributed by atoms with Crippen LogP contribution >= 0.6 is 0 Å². The molecule has 2 nitrogen and oxygen atoms in total. The second-order valence-electron chi connectivity index (χ2n) is 3.08. The SMILES string of the molecule is C[C@H](CN)c1ccc(OC(F)F)cc1. The summed E-state index contributed by atoms with van der Waals surface area (Å²) in [5, 5.41) is 0. The van der Waals surface area contributed by atoms with Gasteiger partial charge in [-0.1, -0.05) is 19.1 Å². The molecule has 1 aromatic rings. The van der Waals surface area contributed by atoms with E-state index >= 15 is 0 Å². The Kier molecular flexibility index (Phi) is 3.83. The Hall–Kier alpha value is -1.16. The van der Waals surface area contributed by atoms with Gasteiger partial charge in [0.1, 0.15) is 5.75 Å². The van der Waals surface area contributed by atoms with Crippen molar-refractivity contribution < 1.29 is 13.5 Å². The van der Waals surface area contributed by atoms with Crippen LogP contribution in [0.15, 0.2) is 24.3 Å². The summed E-state index contributed by atoms with van der Waals surface area (Å²) in [5.41, 5.74) is 6.49. The van der Waals surface area contributed by atoms with E-state index in [1.807, 2.05) is 6.92 Å². The molecule has 0 saturated heterocycles. The normalized spacial score (nSPS) is 12.9. The van der Waals surface area contributed by atoms with Gasteiger partial charge in [-0.05, 0) is 30.2 Å². The Morgan fingerprint density at radius 3 is 2.29 bits per heavy atom. The third-order valence-electron chi connectivity index (χ3n) is 2.03. The molecule has 4 heteroatoms. The van der Waals surface area contributed by atoms with E-state index in [4.69, 9.17) is 5.73 Å². The highest BCUT2D eigenvalue weighted by atomic mass is 19.3. The zero-order valence-corrected chi connectivity index (χ0v) is 7.91. The third kappa shape index (κ3) is 2.96. The zero-order chi connectivity index (χ0) is 10.6. The number of ether oxygens (including phenoxy) is 1. The second-order valence-corrected chi connectivity index (χ2v) is 3.08. The lowest BCUT2D eigenvalue weighted by Gasteiger charge is -2.09. The Balaban J connectivity index is 2.68. The van der Waals surface area contributed by atoms with Crippen molar-refractivity contribution in [3.63, 3.8) is 0 Å². The van der Waals surface area contributed by atoms with Crippen LogP contribution in [0, 0.1) is 0 Å². The van der Waals surface area contributed by atoms with Crippen molar-refractivity contribution in [2.75, 3.05) is 6.54 Å². The van der Waals surface area contributed by atoms with Crippen LogP contribution in [-0.4, -0.2) is 13.2 Å². The third-order valence-corrected chi connectivity index (χ3v) is 2.03. The van der Waals surface area contributed by atoms with Crippen LogP contribution in [0.4, 0.5) is 8.78 Å². The van der Waals surface area contributed by atoms with Crippen molar-refractivity contribution in [1.82, 2.24) is 0 Å². The molecule has 2 N–H and O–H groups in total. The molecule has 0 aliphatic carbocycles. The van der Waals surface area contributed by atoms with E-state index in [-0.39, 0.29) is 11.7 Å². The van der Waals surface area contributed by atoms with Crippen molar-refractivity contribution in [2.45, 2.75) is 19.5 Å². The van der Waals surface area contributed by atoms with Crippen LogP contribution in [0.3, 0.4) is 0 Å². The molecule has 14 heavy (non-hydrogen) atoms. The maximum absolute atomic E-state index is 11.8. The van der Waals surface area contributed by atoms with Crippen LogP contribution in [-0.2, 0) is 0 Å². The fourth-order valence-corrected chi connectivity index (χ4v) is 1.11. The number of rotatable bonds is 4. The van der Waals surface area contributed by atoms with Gasteiger partial charge in [-0.15, -0.1) is 0 Å². The minimum atomic E-state index is -2.77. The van der Waals surface area contributed by atoms with Crippen molar-refractivity contribution in [2.24, 2.45) is 5.73 Å². The van der Waals surface area contributed by atoms with E-state index in [9.17, 15) is 8.78 Å². The maximum atomic E-state index is 11.8. The molecular formula is C10H13F2NO. The summed E-state index contributed by atoms with van der Waals surface area (Å²) in [7, 11) is 0. The fraction of sp³-hybridized carbons (Fsp3) is 0.400. The van der Waals surface area contributed by atoms with Crippen LogP contribution < -0.4 is 10.5 Å². The summed E-state index contributed by atoms with van der Waals surface area (Å²) in [6.07, 6.45) is 0. The summed E-state index contributed by atoms with van der Waals surface area (Å²) in [6.45, 7) is -0.259. The Morgan fingerprint density at radius 2 is 1.86 bits per heavy atom. The van der Waals surface area contributed by atoms with Gasteiger partial charge >= 0.3 is 6.61 Å². The summed E-state index contributed by atoms with van der Waals surface area (Å²) < 4.78 is 27.8. The predicted molar refractivity (Wildman–Crippen MR) is 50.5 cm³/mol. The lowest BCUT2D eigenvalue weighted by atomic mass is 10.0. The first kappa shape index (κ1) is 10.9. The van der Waals surface area contributed by atoms with E-state index < -0.39 is 6.61 Å². The van der Waals surface area contributed by atoms with Gasteiger partial charge in [0.05, 0.1) is 0 Å². The number of hydrogen-bond donors (Lipinski definition) is 1. The summed E-state index contributed by atoms with van der Waals surface area (Å²) in [5.74, 6) is 0.406. The highest BCUT2D eigenvalue weighted by molar-refractivity contribution is 5.29. The van der Waals surface area contributed by atoms with E-state index in [0.717, 1.165) is 5.56 Å². The Bertz CT molecular complexity index is 274. The molecule has 0 fully saturated rings. The van der Waals surface area contributed by atoms with Crippen molar-refractivity contribution in [1.29, 1.82) is 0 Å². The van der Waals surface area contributed by atoms with Crippen molar-refractivity contribution >= 4 is 0 Å². The average molecular weight is 201 g/mol. The summed E-state index contributed by atoms with van der Waals surface area (Å²) in [4.78, 5) is 0.